The highest BCUT2D eigenvalue weighted by atomic mass is 35.5. The van der Waals surface area contributed by atoms with Gasteiger partial charge in [0, 0.05) is 49.4 Å². The summed E-state index contributed by atoms with van der Waals surface area (Å²) in [7, 11) is 3.46. The van der Waals surface area contributed by atoms with Gasteiger partial charge in [-0.3, -0.25) is 9.20 Å². The first-order chi connectivity index (χ1) is 17.8. The molecule has 0 aliphatic heterocycles. The maximum absolute atomic E-state index is 15.4. The number of hydrogen-bond acceptors (Lipinski definition) is 4. The quantitative estimate of drug-likeness (QED) is 0.268. The van der Waals surface area contributed by atoms with Gasteiger partial charge in [-0.15, -0.1) is 0 Å². The van der Waals surface area contributed by atoms with Crippen LogP contribution in [0.25, 0.3) is 22.5 Å². The van der Waals surface area contributed by atoms with Crippen LogP contribution in [-0.2, 0) is 5.54 Å². The Balaban J connectivity index is 1.46. The van der Waals surface area contributed by atoms with Crippen molar-refractivity contribution in [1.82, 2.24) is 19.6 Å². The van der Waals surface area contributed by atoms with Crippen LogP contribution in [0.3, 0.4) is 0 Å². The monoisotopic (exact) mass is 535 g/mol. The van der Waals surface area contributed by atoms with E-state index in [0.717, 1.165) is 24.0 Å². The normalized spacial score (nSPS) is 14.5. The van der Waals surface area contributed by atoms with Gasteiger partial charge in [-0.1, -0.05) is 35.3 Å². The fraction of sp³-hybridized carbons (Fsp3) is 0.179. The van der Waals surface area contributed by atoms with Crippen LogP contribution < -0.4 is 5.32 Å². The minimum Gasteiger partial charge on any atom is -0.393 e. The van der Waals surface area contributed by atoms with E-state index in [1.54, 1.807) is 49.6 Å². The van der Waals surface area contributed by atoms with Crippen molar-refractivity contribution in [2.24, 2.45) is 0 Å². The third kappa shape index (κ3) is 4.38. The van der Waals surface area contributed by atoms with E-state index in [1.165, 1.54) is 18.3 Å². The van der Waals surface area contributed by atoms with Crippen LogP contribution in [0.5, 0.6) is 0 Å². The molecule has 0 radical (unpaired) electrons. The van der Waals surface area contributed by atoms with E-state index in [9.17, 15) is 4.79 Å². The summed E-state index contributed by atoms with van der Waals surface area (Å²) < 4.78 is 17.2. The Hall–Kier alpha value is -3.68. The van der Waals surface area contributed by atoms with Gasteiger partial charge in [0.25, 0.3) is 5.91 Å². The Labute approximate surface area is 223 Å². The molecule has 0 bridgehead atoms. The van der Waals surface area contributed by atoms with E-state index < -0.39 is 17.3 Å². The van der Waals surface area contributed by atoms with Gasteiger partial charge in [-0.05, 0) is 54.8 Å². The van der Waals surface area contributed by atoms with Crippen LogP contribution in [0, 0.1) is 11.2 Å². The zero-order chi connectivity index (χ0) is 26.3. The van der Waals surface area contributed by atoms with Crippen molar-refractivity contribution in [3.05, 3.63) is 99.7 Å². The molecule has 37 heavy (non-hydrogen) atoms. The van der Waals surface area contributed by atoms with Gasteiger partial charge in [0.05, 0.1) is 33.0 Å². The number of carbonyl (C=O) groups is 1. The largest absolute Gasteiger partial charge is 0.393 e. The summed E-state index contributed by atoms with van der Waals surface area (Å²) in [5.41, 5.74) is 3.79. The number of aromatic nitrogens is 2. The molecule has 4 aromatic rings. The molecule has 1 saturated carbocycles. The molecule has 1 amide bonds. The number of benzene rings is 2. The Morgan fingerprint density at radius 3 is 2.59 bits per heavy atom. The standard InChI is InChI=1S/C28H24Cl2FN5O/c1-33-14-19(13-32)18-4-8-26-34-15-25(36(26)16-18)17-3-6-21(24(31)11-17)27(37)35(2)28(9-10-28)20-5-7-22(29)23(30)12-20/h3-8,11-16,32-33H,9-10H2,1-2H3/b19-14+,32-13?. The van der Waals surface area contributed by atoms with Gasteiger partial charge in [0.15, 0.2) is 0 Å². The molecular formula is C28H24Cl2FN5O. The lowest BCUT2D eigenvalue weighted by Gasteiger charge is -2.29. The molecular weight excluding hydrogens is 512 g/mol. The van der Waals surface area contributed by atoms with Crippen LogP contribution in [0.2, 0.25) is 10.0 Å². The predicted octanol–water partition coefficient (Wildman–Crippen LogP) is 6.42. The first-order valence-corrected chi connectivity index (χ1v) is 12.4. The molecule has 2 N–H and O–H groups in total. The fourth-order valence-corrected chi connectivity index (χ4v) is 4.97. The molecule has 6 nitrogen and oxygen atoms in total. The summed E-state index contributed by atoms with van der Waals surface area (Å²) in [5.74, 6) is -1.01. The molecule has 2 heterocycles. The van der Waals surface area contributed by atoms with Gasteiger partial charge < -0.3 is 15.6 Å². The average Bonchev–Trinajstić information content (AvgIpc) is 3.60. The lowest BCUT2D eigenvalue weighted by molar-refractivity contribution is 0.0700. The molecule has 0 spiro atoms. The first kappa shape index (κ1) is 25.0. The summed E-state index contributed by atoms with van der Waals surface area (Å²) in [6.07, 6.45) is 8.02. The summed E-state index contributed by atoms with van der Waals surface area (Å²) in [5, 5.41) is 11.5. The third-order valence-electron chi connectivity index (χ3n) is 6.92. The number of nitrogens with one attached hydrogen (secondary N) is 2. The zero-order valence-corrected chi connectivity index (χ0v) is 21.7. The minimum absolute atomic E-state index is 0.00450. The summed E-state index contributed by atoms with van der Waals surface area (Å²) in [6, 6.07) is 13.7. The molecule has 1 aliphatic carbocycles. The second kappa shape index (κ2) is 9.65. The van der Waals surface area contributed by atoms with E-state index in [1.807, 2.05) is 28.8 Å². The Morgan fingerprint density at radius 2 is 1.95 bits per heavy atom. The maximum atomic E-state index is 15.4. The Morgan fingerprint density at radius 1 is 1.16 bits per heavy atom. The van der Waals surface area contributed by atoms with Crippen LogP contribution in [-0.4, -0.2) is 40.5 Å². The van der Waals surface area contributed by atoms with E-state index in [-0.39, 0.29) is 5.56 Å². The van der Waals surface area contributed by atoms with Gasteiger partial charge >= 0.3 is 0 Å². The number of fused-ring (bicyclic) bond motifs is 1. The van der Waals surface area contributed by atoms with Crippen molar-refractivity contribution in [3.63, 3.8) is 0 Å². The fourth-order valence-electron chi connectivity index (χ4n) is 4.67. The van der Waals surface area contributed by atoms with Crippen LogP contribution >= 0.6 is 23.2 Å². The van der Waals surface area contributed by atoms with Crippen LogP contribution in [0.4, 0.5) is 4.39 Å². The molecule has 0 saturated heterocycles. The number of allylic oxidation sites excluding steroid dienone is 1. The number of amides is 1. The van der Waals surface area contributed by atoms with Gasteiger partial charge in [-0.25, -0.2) is 9.37 Å². The number of nitrogens with zero attached hydrogens (tertiary/aromatic N) is 3. The molecule has 188 valence electrons. The number of imidazole rings is 1. The second-order valence-corrected chi connectivity index (χ2v) is 9.86. The molecule has 9 heteroatoms. The van der Waals surface area contributed by atoms with Crippen molar-refractivity contribution in [2.75, 3.05) is 14.1 Å². The summed E-state index contributed by atoms with van der Waals surface area (Å²) in [4.78, 5) is 19.4. The first-order valence-electron chi connectivity index (χ1n) is 11.7. The second-order valence-electron chi connectivity index (χ2n) is 9.04. The van der Waals surface area contributed by atoms with Gasteiger partial charge in [0.1, 0.15) is 11.5 Å². The molecule has 0 unspecified atom stereocenters. The molecule has 1 aliphatic rings. The summed E-state index contributed by atoms with van der Waals surface area (Å²) in [6.45, 7) is 0. The molecule has 2 aromatic heterocycles. The smallest absolute Gasteiger partial charge is 0.257 e. The molecule has 0 atom stereocenters. The SMILES string of the molecule is CN/C=C(\C=N)c1ccc2ncc(-c3ccc(C(=O)N(C)C4(c5ccc(Cl)c(Cl)c5)CC4)c(F)c3)n2c1. The number of carbonyl (C=O) groups excluding carboxylic acids is 1. The third-order valence-corrected chi connectivity index (χ3v) is 7.66. The Kier molecular flexibility index (Phi) is 6.52. The average molecular weight is 536 g/mol. The highest BCUT2D eigenvalue weighted by Crippen LogP contribution is 2.51. The number of pyridine rings is 1. The minimum atomic E-state index is -0.611. The van der Waals surface area contributed by atoms with Crippen molar-refractivity contribution in [2.45, 2.75) is 18.4 Å². The van der Waals surface area contributed by atoms with E-state index in [4.69, 9.17) is 28.6 Å². The zero-order valence-electron chi connectivity index (χ0n) is 20.2. The number of hydrogen-bond donors (Lipinski definition) is 2. The van der Waals surface area contributed by atoms with Crippen molar-refractivity contribution >= 4 is 46.5 Å². The molecule has 5 rings (SSSR count). The Bertz CT molecular complexity index is 1570. The van der Waals surface area contributed by atoms with Crippen molar-refractivity contribution in [1.29, 1.82) is 5.41 Å². The number of halogens is 3. The highest BCUT2D eigenvalue weighted by molar-refractivity contribution is 6.42. The van der Waals surface area contributed by atoms with Crippen LogP contribution in [0.15, 0.2) is 67.1 Å². The van der Waals surface area contributed by atoms with Gasteiger partial charge in [-0.2, -0.15) is 0 Å². The van der Waals surface area contributed by atoms with E-state index in [2.05, 4.69) is 10.3 Å². The van der Waals surface area contributed by atoms with E-state index >= 15 is 4.39 Å². The highest BCUT2D eigenvalue weighted by Gasteiger charge is 2.50. The topological polar surface area (TPSA) is 73.5 Å². The number of rotatable bonds is 7. The van der Waals surface area contributed by atoms with Crippen molar-refractivity contribution < 1.29 is 9.18 Å². The maximum Gasteiger partial charge on any atom is 0.257 e. The summed E-state index contributed by atoms with van der Waals surface area (Å²) >= 11 is 12.3. The van der Waals surface area contributed by atoms with E-state index in [0.29, 0.717) is 32.5 Å². The predicted molar refractivity (Wildman–Crippen MR) is 146 cm³/mol. The molecule has 1 fully saturated rings. The van der Waals surface area contributed by atoms with Gasteiger partial charge in [0.2, 0.25) is 0 Å². The lowest BCUT2D eigenvalue weighted by atomic mass is 10.0. The molecule has 2 aromatic carbocycles. The van der Waals surface area contributed by atoms with Crippen LogP contribution in [0.1, 0.15) is 34.3 Å². The van der Waals surface area contributed by atoms with Crippen molar-refractivity contribution in [3.8, 4) is 11.3 Å². The lowest BCUT2D eigenvalue weighted by Crippen LogP contribution is -2.37.